The highest BCUT2D eigenvalue weighted by molar-refractivity contribution is 6.30. The molecule has 0 spiro atoms. The number of hydrogen-bond donors (Lipinski definition) is 3. The zero-order valence-electron chi connectivity index (χ0n) is 9.97. The van der Waals surface area contributed by atoms with Gasteiger partial charge in [0.1, 0.15) is 0 Å². The van der Waals surface area contributed by atoms with Crippen molar-refractivity contribution in [3.8, 4) is 0 Å². The minimum atomic E-state index is -0.802. The first-order valence-electron chi connectivity index (χ1n) is 5.66. The van der Waals surface area contributed by atoms with Crippen molar-refractivity contribution in [2.45, 2.75) is 6.10 Å². The number of carbonyl (C=O) groups excluding carboxylic acids is 1. The maximum Gasteiger partial charge on any atom is 0.319 e. The van der Waals surface area contributed by atoms with Crippen molar-refractivity contribution in [2.24, 2.45) is 0 Å². The molecule has 0 bridgehead atoms. The molecule has 19 heavy (non-hydrogen) atoms. The molecule has 0 aliphatic heterocycles. The van der Waals surface area contributed by atoms with Crippen LogP contribution in [0.4, 0.5) is 10.5 Å². The summed E-state index contributed by atoms with van der Waals surface area (Å²) >= 11 is 5.80. The SMILES string of the molecule is O=C(NC[C@@H](O)c1ccoc1)Nc1cccc(Cl)c1. The van der Waals surface area contributed by atoms with Crippen LogP contribution >= 0.6 is 11.6 Å². The normalized spacial score (nSPS) is 11.9. The summed E-state index contributed by atoms with van der Waals surface area (Å²) in [6.07, 6.45) is 2.09. The lowest BCUT2D eigenvalue weighted by atomic mass is 10.2. The Morgan fingerprint density at radius 3 is 2.95 bits per heavy atom. The molecule has 2 aromatic rings. The fraction of sp³-hybridized carbons (Fsp3) is 0.154. The fourth-order valence-corrected chi connectivity index (χ4v) is 1.70. The van der Waals surface area contributed by atoms with Crippen molar-refractivity contribution < 1.29 is 14.3 Å². The first kappa shape index (κ1) is 13.5. The molecule has 0 aliphatic rings. The second kappa shape index (κ2) is 6.26. The van der Waals surface area contributed by atoms with Gasteiger partial charge in [0.2, 0.25) is 0 Å². The average Bonchev–Trinajstić information content (AvgIpc) is 2.90. The van der Waals surface area contributed by atoms with Crippen LogP contribution in [0.1, 0.15) is 11.7 Å². The molecular weight excluding hydrogens is 268 g/mol. The number of aliphatic hydroxyl groups excluding tert-OH is 1. The summed E-state index contributed by atoms with van der Waals surface area (Å²) in [5.74, 6) is 0. The van der Waals surface area contributed by atoms with E-state index in [2.05, 4.69) is 10.6 Å². The monoisotopic (exact) mass is 280 g/mol. The lowest BCUT2D eigenvalue weighted by Crippen LogP contribution is -2.32. The molecule has 6 heteroatoms. The minimum absolute atomic E-state index is 0.0892. The van der Waals surface area contributed by atoms with Gasteiger partial charge in [-0.3, -0.25) is 0 Å². The predicted octanol–water partition coefficient (Wildman–Crippen LogP) is 2.79. The van der Waals surface area contributed by atoms with E-state index >= 15 is 0 Å². The highest BCUT2D eigenvalue weighted by Gasteiger charge is 2.10. The Morgan fingerprint density at radius 1 is 1.42 bits per heavy atom. The van der Waals surface area contributed by atoms with Gasteiger partial charge < -0.3 is 20.2 Å². The molecule has 1 heterocycles. The van der Waals surface area contributed by atoms with E-state index in [1.807, 2.05) is 0 Å². The Bertz CT molecular complexity index is 543. The van der Waals surface area contributed by atoms with E-state index in [9.17, 15) is 9.90 Å². The lowest BCUT2D eigenvalue weighted by molar-refractivity contribution is 0.174. The summed E-state index contributed by atoms with van der Waals surface area (Å²) < 4.78 is 4.85. The standard InChI is InChI=1S/C13H13ClN2O3/c14-10-2-1-3-11(6-10)16-13(18)15-7-12(17)9-4-5-19-8-9/h1-6,8,12,17H,7H2,(H2,15,16,18)/t12-/m1/s1. The van der Waals surface area contributed by atoms with Crippen LogP contribution in [-0.4, -0.2) is 17.7 Å². The van der Waals surface area contributed by atoms with Crippen molar-refractivity contribution in [1.82, 2.24) is 5.32 Å². The molecule has 0 fully saturated rings. The number of amides is 2. The van der Waals surface area contributed by atoms with Gasteiger partial charge in [-0.05, 0) is 24.3 Å². The van der Waals surface area contributed by atoms with Crippen molar-refractivity contribution in [1.29, 1.82) is 0 Å². The van der Waals surface area contributed by atoms with Crippen molar-refractivity contribution in [3.63, 3.8) is 0 Å². The molecule has 2 amide bonds. The third-order valence-electron chi connectivity index (χ3n) is 2.47. The van der Waals surface area contributed by atoms with E-state index < -0.39 is 12.1 Å². The molecule has 1 aromatic carbocycles. The number of benzene rings is 1. The van der Waals surface area contributed by atoms with Gasteiger partial charge in [-0.1, -0.05) is 17.7 Å². The van der Waals surface area contributed by atoms with Crippen LogP contribution in [-0.2, 0) is 0 Å². The number of furan rings is 1. The topological polar surface area (TPSA) is 74.5 Å². The van der Waals surface area contributed by atoms with Crippen LogP contribution in [0.5, 0.6) is 0 Å². The molecule has 1 atom stereocenters. The smallest absolute Gasteiger partial charge is 0.319 e. The van der Waals surface area contributed by atoms with Crippen molar-refractivity contribution in [3.05, 3.63) is 53.4 Å². The highest BCUT2D eigenvalue weighted by Crippen LogP contribution is 2.15. The molecule has 0 aliphatic carbocycles. The highest BCUT2D eigenvalue weighted by atomic mass is 35.5. The van der Waals surface area contributed by atoms with Gasteiger partial charge in [0.15, 0.2) is 0 Å². The molecule has 1 aromatic heterocycles. The van der Waals surface area contributed by atoms with Gasteiger partial charge >= 0.3 is 6.03 Å². The quantitative estimate of drug-likeness (QED) is 0.806. The van der Waals surface area contributed by atoms with E-state index in [1.165, 1.54) is 12.5 Å². The third kappa shape index (κ3) is 4.01. The van der Waals surface area contributed by atoms with Crippen LogP contribution in [0.3, 0.4) is 0 Å². The Labute approximate surface area is 115 Å². The van der Waals surface area contributed by atoms with Gasteiger partial charge in [0.05, 0.1) is 18.6 Å². The molecule has 2 rings (SSSR count). The van der Waals surface area contributed by atoms with Crippen LogP contribution < -0.4 is 10.6 Å². The molecule has 0 saturated heterocycles. The summed E-state index contributed by atoms with van der Waals surface area (Å²) in [7, 11) is 0. The number of anilines is 1. The van der Waals surface area contributed by atoms with Crippen LogP contribution in [0, 0.1) is 0 Å². The van der Waals surface area contributed by atoms with Gasteiger partial charge in [-0.25, -0.2) is 4.79 Å². The maximum absolute atomic E-state index is 11.6. The average molecular weight is 281 g/mol. The fourth-order valence-electron chi connectivity index (χ4n) is 1.51. The number of aliphatic hydroxyl groups is 1. The Hall–Kier alpha value is -1.98. The van der Waals surface area contributed by atoms with Crippen LogP contribution in [0.25, 0.3) is 0 Å². The van der Waals surface area contributed by atoms with Crippen LogP contribution in [0.15, 0.2) is 47.3 Å². The second-order valence-corrected chi connectivity index (χ2v) is 4.35. The lowest BCUT2D eigenvalue weighted by Gasteiger charge is -2.11. The zero-order chi connectivity index (χ0) is 13.7. The Morgan fingerprint density at radius 2 is 2.26 bits per heavy atom. The summed E-state index contributed by atoms with van der Waals surface area (Å²) in [5.41, 5.74) is 1.20. The van der Waals surface area contributed by atoms with Gasteiger partial charge in [0.25, 0.3) is 0 Å². The number of urea groups is 1. The first-order chi connectivity index (χ1) is 9.15. The van der Waals surface area contributed by atoms with E-state index in [0.29, 0.717) is 16.3 Å². The van der Waals surface area contributed by atoms with E-state index in [0.717, 1.165) is 0 Å². The third-order valence-corrected chi connectivity index (χ3v) is 2.70. The number of rotatable bonds is 4. The van der Waals surface area contributed by atoms with E-state index in [4.69, 9.17) is 16.0 Å². The Balaban J connectivity index is 1.82. The molecule has 0 radical (unpaired) electrons. The molecule has 0 saturated carbocycles. The zero-order valence-corrected chi connectivity index (χ0v) is 10.7. The summed E-state index contributed by atoms with van der Waals surface area (Å²) in [6, 6.07) is 8.03. The van der Waals surface area contributed by atoms with Crippen molar-refractivity contribution in [2.75, 3.05) is 11.9 Å². The molecule has 3 N–H and O–H groups in total. The number of carbonyl (C=O) groups is 1. The maximum atomic E-state index is 11.6. The number of hydrogen-bond acceptors (Lipinski definition) is 3. The Kier molecular flexibility index (Phi) is 4.43. The summed E-state index contributed by atoms with van der Waals surface area (Å²) in [4.78, 5) is 11.6. The van der Waals surface area contributed by atoms with E-state index in [1.54, 1.807) is 30.3 Å². The largest absolute Gasteiger partial charge is 0.472 e. The number of halogens is 1. The van der Waals surface area contributed by atoms with Crippen LogP contribution in [0.2, 0.25) is 5.02 Å². The molecule has 100 valence electrons. The summed E-state index contributed by atoms with van der Waals surface area (Å²) in [5, 5.41) is 15.5. The molecule has 0 unspecified atom stereocenters. The first-order valence-corrected chi connectivity index (χ1v) is 6.03. The molecular formula is C13H13ClN2O3. The van der Waals surface area contributed by atoms with Gasteiger partial charge in [-0.15, -0.1) is 0 Å². The summed E-state index contributed by atoms with van der Waals surface area (Å²) in [6.45, 7) is 0.0892. The predicted molar refractivity (Wildman–Crippen MR) is 72.1 cm³/mol. The molecule has 5 nitrogen and oxygen atoms in total. The van der Waals surface area contributed by atoms with Gasteiger partial charge in [0, 0.05) is 22.8 Å². The minimum Gasteiger partial charge on any atom is -0.472 e. The number of nitrogens with one attached hydrogen (secondary N) is 2. The van der Waals surface area contributed by atoms with Gasteiger partial charge in [-0.2, -0.15) is 0 Å². The van der Waals surface area contributed by atoms with E-state index in [-0.39, 0.29) is 6.54 Å². The second-order valence-electron chi connectivity index (χ2n) is 3.92. The van der Waals surface area contributed by atoms with Crippen molar-refractivity contribution >= 4 is 23.3 Å².